The van der Waals surface area contributed by atoms with Crippen LogP contribution in [0.15, 0.2) is 0 Å². The second-order valence-electron chi connectivity index (χ2n) is 7.55. The zero-order valence-corrected chi connectivity index (χ0v) is 13.5. The Morgan fingerprint density at radius 2 is 1.86 bits per heavy atom. The molecule has 4 nitrogen and oxygen atoms in total. The fourth-order valence-corrected chi connectivity index (χ4v) is 4.79. The summed E-state index contributed by atoms with van der Waals surface area (Å²) < 4.78 is 6.97. The van der Waals surface area contributed by atoms with Gasteiger partial charge in [-0.1, -0.05) is 0 Å². The number of carbonyl (C=O) groups excluding carboxylic acids is 1. The summed E-state index contributed by atoms with van der Waals surface area (Å²) in [4.78, 5) is 12.2. The van der Waals surface area contributed by atoms with Gasteiger partial charge in [-0.15, -0.1) is 0 Å². The molecule has 0 aromatic carbocycles. The summed E-state index contributed by atoms with van der Waals surface area (Å²) in [6.45, 7) is 5.23. The Bertz CT molecular complexity index is 364. The molecule has 3 fully saturated rings. The number of nitrogens with zero attached hydrogens (tertiary/aromatic N) is 1. The van der Waals surface area contributed by atoms with E-state index < -0.39 is 0 Å². The quantitative estimate of drug-likeness (QED) is 0.639. The Morgan fingerprint density at radius 3 is 2.67 bits per heavy atom. The SMILES string of the molecule is C[N+]12CCCCC1C(COC(=O)C1CCNCC1)CCC2. The third-order valence-electron chi connectivity index (χ3n) is 6.12. The first-order chi connectivity index (χ1) is 10.2. The molecular weight excluding hydrogens is 264 g/mol. The van der Waals surface area contributed by atoms with Crippen LogP contribution in [0.5, 0.6) is 0 Å². The van der Waals surface area contributed by atoms with Gasteiger partial charge in [-0.2, -0.15) is 0 Å². The van der Waals surface area contributed by atoms with Crippen molar-refractivity contribution in [1.82, 2.24) is 5.32 Å². The number of fused-ring (bicyclic) bond motifs is 1. The van der Waals surface area contributed by atoms with E-state index in [2.05, 4.69) is 12.4 Å². The third kappa shape index (κ3) is 3.42. The van der Waals surface area contributed by atoms with Crippen molar-refractivity contribution in [3.8, 4) is 0 Å². The third-order valence-corrected chi connectivity index (χ3v) is 6.12. The molecular formula is C17H31N2O2+. The first-order valence-electron chi connectivity index (χ1n) is 8.91. The molecule has 0 amide bonds. The minimum Gasteiger partial charge on any atom is -0.465 e. The summed E-state index contributed by atoms with van der Waals surface area (Å²) in [6.07, 6.45) is 8.49. The highest BCUT2D eigenvalue weighted by Crippen LogP contribution is 2.36. The van der Waals surface area contributed by atoms with Gasteiger partial charge in [0.15, 0.2) is 0 Å². The molecule has 3 unspecified atom stereocenters. The lowest BCUT2D eigenvalue weighted by molar-refractivity contribution is -0.947. The number of carbonyl (C=O) groups is 1. The Hall–Kier alpha value is -0.610. The van der Waals surface area contributed by atoms with Crippen LogP contribution in [0.25, 0.3) is 0 Å². The van der Waals surface area contributed by atoms with Gasteiger partial charge in [0.25, 0.3) is 0 Å². The molecule has 3 atom stereocenters. The van der Waals surface area contributed by atoms with Gasteiger partial charge >= 0.3 is 5.97 Å². The molecule has 3 saturated heterocycles. The maximum Gasteiger partial charge on any atom is 0.309 e. The van der Waals surface area contributed by atoms with E-state index in [1.165, 1.54) is 49.7 Å². The predicted octanol–water partition coefficient (Wildman–Crippen LogP) is 1.94. The van der Waals surface area contributed by atoms with Crippen molar-refractivity contribution in [2.45, 2.75) is 51.0 Å². The van der Waals surface area contributed by atoms with Crippen molar-refractivity contribution in [3.05, 3.63) is 0 Å². The van der Waals surface area contributed by atoms with Crippen molar-refractivity contribution >= 4 is 5.97 Å². The highest BCUT2D eigenvalue weighted by Gasteiger charge is 2.44. The second kappa shape index (κ2) is 6.66. The van der Waals surface area contributed by atoms with E-state index in [-0.39, 0.29) is 11.9 Å². The molecule has 0 radical (unpaired) electrons. The van der Waals surface area contributed by atoms with E-state index in [1.54, 1.807) is 0 Å². The van der Waals surface area contributed by atoms with Crippen LogP contribution in [0.4, 0.5) is 0 Å². The zero-order valence-electron chi connectivity index (χ0n) is 13.5. The molecule has 4 heteroatoms. The predicted molar refractivity (Wildman–Crippen MR) is 82.8 cm³/mol. The summed E-state index contributed by atoms with van der Waals surface area (Å²) in [7, 11) is 2.42. The van der Waals surface area contributed by atoms with E-state index in [4.69, 9.17) is 4.74 Å². The number of quaternary nitrogens is 1. The fourth-order valence-electron chi connectivity index (χ4n) is 4.79. The summed E-state index contributed by atoms with van der Waals surface area (Å²) in [5, 5.41) is 3.31. The Morgan fingerprint density at radius 1 is 1.10 bits per heavy atom. The first-order valence-corrected chi connectivity index (χ1v) is 8.91. The van der Waals surface area contributed by atoms with Crippen LogP contribution in [0, 0.1) is 11.8 Å². The van der Waals surface area contributed by atoms with Crippen molar-refractivity contribution in [2.24, 2.45) is 11.8 Å². The second-order valence-corrected chi connectivity index (χ2v) is 7.55. The van der Waals surface area contributed by atoms with Gasteiger partial charge in [0.2, 0.25) is 0 Å². The molecule has 3 heterocycles. The van der Waals surface area contributed by atoms with Crippen LogP contribution in [0.2, 0.25) is 0 Å². The lowest BCUT2D eigenvalue weighted by Crippen LogP contribution is -2.61. The normalized spacial score (nSPS) is 37.8. The van der Waals surface area contributed by atoms with Crippen molar-refractivity contribution in [2.75, 3.05) is 39.8 Å². The standard InChI is InChI=1S/C17H31N2O2/c1-19-11-3-2-6-16(19)15(5-4-12-19)13-21-17(20)14-7-9-18-10-8-14/h14-16,18H,2-13H2,1H3/q+1. The van der Waals surface area contributed by atoms with Gasteiger partial charge < -0.3 is 14.5 Å². The number of hydrogen-bond donors (Lipinski definition) is 1. The van der Waals surface area contributed by atoms with Crippen molar-refractivity contribution < 1.29 is 14.0 Å². The first kappa shape index (κ1) is 15.3. The van der Waals surface area contributed by atoms with Gasteiger partial charge in [0.05, 0.1) is 38.7 Å². The van der Waals surface area contributed by atoms with E-state index in [9.17, 15) is 4.79 Å². The molecule has 0 aromatic heterocycles. The average Bonchev–Trinajstić information content (AvgIpc) is 2.52. The zero-order chi connectivity index (χ0) is 14.7. The van der Waals surface area contributed by atoms with Crippen LogP contribution in [-0.4, -0.2) is 56.3 Å². The maximum absolute atomic E-state index is 12.2. The van der Waals surface area contributed by atoms with Crippen LogP contribution in [0.1, 0.15) is 44.9 Å². The molecule has 21 heavy (non-hydrogen) atoms. The minimum atomic E-state index is 0.0621. The molecule has 0 bridgehead atoms. The molecule has 120 valence electrons. The molecule has 0 saturated carbocycles. The van der Waals surface area contributed by atoms with Gasteiger partial charge in [-0.3, -0.25) is 4.79 Å². The minimum absolute atomic E-state index is 0.0621. The number of piperidine rings is 3. The van der Waals surface area contributed by atoms with E-state index in [1.807, 2.05) is 0 Å². The van der Waals surface area contributed by atoms with E-state index in [0.29, 0.717) is 12.5 Å². The average molecular weight is 295 g/mol. The molecule has 1 N–H and O–H groups in total. The number of rotatable bonds is 3. The summed E-state index contributed by atoms with van der Waals surface area (Å²) in [6, 6.07) is 0.730. The topological polar surface area (TPSA) is 38.3 Å². The van der Waals surface area contributed by atoms with E-state index in [0.717, 1.165) is 32.0 Å². The van der Waals surface area contributed by atoms with Crippen LogP contribution >= 0.6 is 0 Å². The fraction of sp³-hybridized carbons (Fsp3) is 0.941. The monoisotopic (exact) mass is 295 g/mol. The molecule has 0 aliphatic carbocycles. The van der Waals surface area contributed by atoms with E-state index >= 15 is 0 Å². The van der Waals surface area contributed by atoms with Crippen molar-refractivity contribution in [3.63, 3.8) is 0 Å². The Balaban J connectivity index is 1.53. The Labute approximate surface area is 128 Å². The number of hydrogen-bond acceptors (Lipinski definition) is 3. The van der Waals surface area contributed by atoms with Gasteiger partial charge in [0, 0.05) is 12.3 Å². The smallest absolute Gasteiger partial charge is 0.309 e. The van der Waals surface area contributed by atoms with Gasteiger partial charge in [-0.25, -0.2) is 0 Å². The van der Waals surface area contributed by atoms with Gasteiger partial charge in [-0.05, 0) is 51.6 Å². The Kier molecular flexibility index (Phi) is 4.85. The molecule has 3 aliphatic heterocycles. The number of esters is 1. The lowest BCUT2D eigenvalue weighted by Gasteiger charge is -2.51. The molecule has 3 aliphatic rings. The maximum atomic E-state index is 12.2. The highest BCUT2D eigenvalue weighted by molar-refractivity contribution is 5.72. The van der Waals surface area contributed by atoms with Crippen LogP contribution in [-0.2, 0) is 9.53 Å². The molecule has 0 spiro atoms. The molecule has 3 rings (SSSR count). The lowest BCUT2D eigenvalue weighted by atomic mass is 9.82. The molecule has 0 aromatic rings. The van der Waals surface area contributed by atoms with Crippen LogP contribution < -0.4 is 5.32 Å². The van der Waals surface area contributed by atoms with Gasteiger partial charge in [0.1, 0.15) is 0 Å². The summed E-state index contributed by atoms with van der Waals surface area (Å²) >= 11 is 0. The summed E-state index contributed by atoms with van der Waals surface area (Å²) in [5.41, 5.74) is 0. The number of nitrogens with one attached hydrogen (secondary N) is 1. The van der Waals surface area contributed by atoms with Crippen molar-refractivity contribution in [1.29, 1.82) is 0 Å². The number of ether oxygens (including phenoxy) is 1. The van der Waals surface area contributed by atoms with Crippen LogP contribution in [0.3, 0.4) is 0 Å². The summed E-state index contributed by atoms with van der Waals surface area (Å²) in [5.74, 6) is 0.795. The largest absolute Gasteiger partial charge is 0.465 e. The highest BCUT2D eigenvalue weighted by atomic mass is 16.5.